The van der Waals surface area contributed by atoms with E-state index in [4.69, 9.17) is 11.1 Å². The molecule has 0 aromatic heterocycles. The third-order valence-electron chi connectivity index (χ3n) is 6.48. The first kappa shape index (κ1) is 26.9. The molecule has 0 saturated heterocycles. The monoisotopic (exact) mass is 534 g/mol. The molecule has 1 aliphatic heterocycles. The number of sulfone groups is 1. The van der Waals surface area contributed by atoms with Gasteiger partial charge < -0.3 is 21.1 Å². The molecule has 0 saturated carbocycles. The molecule has 38 heavy (non-hydrogen) atoms. The van der Waals surface area contributed by atoms with Crippen LogP contribution in [0.4, 0.5) is 11.4 Å². The molecule has 1 heterocycles. The minimum Gasteiger partial charge on any atom is -0.479 e. The number of carbonyl (C=O) groups is 2. The predicted octanol–water partition coefficient (Wildman–Crippen LogP) is 3.32. The first-order chi connectivity index (χ1) is 18.1. The van der Waals surface area contributed by atoms with Gasteiger partial charge in [-0.05, 0) is 54.2 Å². The van der Waals surface area contributed by atoms with Crippen molar-refractivity contribution >= 4 is 38.9 Å². The highest BCUT2D eigenvalue weighted by molar-refractivity contribution is 7.92. The number of hydrogen-bond donors (Lipinski definition) is 4. The number of aliphatic carboxylic acids is 1. The van der Waals surface area contributed by atoms with E-state index in [2.05, 4.69) is 5.32 Å². The van der Waals surface area contributed by atoms with Gasteiger partial charge in [-0.2, -0.15) is 0 Å². The molecule has 3 aromatic carbocycles. The number of amides is 1. The largest absolute Gasteiger partial charge is 0.479 e. The quantitative estimate of drug-likeness (QED) is 0.230. The van der Waals surface area contributed by atoms with Crippen molar-refractivity contribution < 1.29 is 23.1 Å². The summed E-state index contributed by atoms with van der Waals surface area (Å²) in [6, 6.07) is 20.8. The molecular formula is C28H30N4O5S. The van der Waals surface area contributed by atoms with Crippen LogP contribution in [0.15, 0.2) is 72.8 Å². The standard InChI is InChI=1S/C28H30N4O5S/c29-26(30)21-11-8-19(9-12-21)10-15-25(33)32-16-4-7-22-17-23(13-14-24(22)32)31-27(28(34)35)38(36,37)18-20-5-2-1-3-6-20/h1-3,5-6,8-9,11-14,17,27,31H,4,7,10,15-16,18H2,(H3,29,30)(H,34,35). The van der Waals surface area contributed by atoms with Crippen molar-refractivity contribution in [2.24, 2.45) is 5.73 Å². The van der Waals surface area contributed by atoms with Crippen LogP contribution in [0.5, 0.6) is 0 Å². The fraction of sp³-hybridized carbons (Fsp3) is 0.250. The van der Waals surface area contributed by atoms with Crippen molar-refractivity contribution in [2.45, 2.75) is 36.8 Å². The van der Waals surface area contributed by atoms with Crippen LogP contribution >= 0.6 is 0 Å². The fourth-order valence-electron chi connectivity index (χ4n) is 4.53. The molecule has 0 aliphatic carbocycles. The van der Waals surface area contributed by atoms with Crippen LogP contribution in [-0.4, -0.2) is 43.2 Å². The summed E-state index contributed by atoms with van der Waals surface area (Å²) in [7, 11) is -4.05. The Balaban J connectivity index is 1.46. The number of anilines is 2. The van der Waals surface area contributed by atoms with Gasteiger partial charge in [-0.25, -0.2) is 13.2 Å². The van der Waals surface area contributed by atoms with E-state index in [0.29, 0.717) is 42.6 Å². The van der Waals surface area contributed by atoms with Gasteiger partial charge in [0, 0.05) is 29.9 Å². The van der Waals surface area contributed by atoms with Gasteiger partial charge in [0.25, 0.3) is 0 Å². The fourth-order valence-corrected chi connectivity index (χ4v) is 5.98. The maximum Gasteiger partial charge on any atom is 0.342 e. The number of fused-ring (bicyclic) bond motifs is 1. The minimum absolute atomic E-state index is 0.00474. The maximum atomic E-state index is 13.1. The van der Waals surface area contributed by atoms with E-state index >= 15 is 0 Å². The number of carboxylic acid groups (broad SMARTS) is 1. The Bertz CT molecular complexity index is 1440. The molecule has 1 unspecified atom stereocenters. The first-order valence-corrected chi connectivity index (χ1v) is 14.0. The van der Waals surface area contributed by atoms with Crippen molar-refractivity contribution in [2.75, 3.05) is 16.8 Å². The molecule has 9 nitrogen and oxygen atoms in total. The highest BCUT2D eigenvalue weighted by Crippen LogP contribution is 2.31. The number of carbonyl (C=O) groups excluding carboxylic acids is 1. The van der Waals surface area contributed by atoms with Crippen LogP contribution in [0.3, 0.4) is 0 Å². The molecule has 10 heteroatoms. The number of hydrogen-bond acceptors (Lipinski definition) is 6. The average molecular weight is 535 g/mol. The Morgan fingerprint density at radius 1 is 1.03 bits per heavy atom. The number of aryl methyl sites for hydroxylation is 2. The zero-order valence-corrected chi connectivity index (χ0v) is 21.6. The number of carboxylic acids is 1. The highest BCUT2D eigenvalue weighted by Gasteiger charge is 2.33. The molecule has 4 rings (SSSR count). The van der Waals surface area contributed by atoms with Crippen LogP contribution in [-0.2, 0) is 38.0 Å². The number of amidine groups is 1. The van der Waals surface area contributed by atoms with E-state index in [1.54, 1.807) is 65.6 Å². The van der Waals surface area contributed by atoms with Gasteiger partial charge in [-0.1, -0.05) is 54.6 Å². The van der Waals surface area contributed by atoms with Crippen LogP contribution in [0.25, 0.3) is 0 Å². The van der Waals surface area contributed by atoms with Gasteiger partial charge >= 0.3 is 5.97 Å². The summed E-state index contributed by atoms with van der Waals surface area (Å²) >= 11 is 0. The Kier molecular flexibility index (Phi) is 8.11. The van der Waals surface area contributed by atoms with E-state index in [9.17, 15) is 23.1 Å². The van der Waals surface area contributed by atoms with Crippen molar-refractivity contribution in [1.29, 1.82) is 5.41 Å². The Morgan fingerprint density at radius 3 is 2.39 bits per heavy atom. The van der Waals surface area contributed by atoms with Crippen LogP contribution in [0, 0.1) is 5.41 Å². The average Bonchev–Trinajstić information content (AvgIpc) is 2.90. The van der Waals surface area contributed by atoms with Crippen LogP contribution in [0.2, 0.25) is 0 Å². The van der Waals surface area contributed by atoms with Crippen LogP contribution < -0.4 is 16.0 Å². The second kappa shape index (κ2) is 11.5. The number of nitrogen functional groups attached to an aromatic ring is 1. The second-order valence-corrected chi connectivity index (χ2v) is 11.3. The van der Waals surface area contributed by atoms with Crippen molar-refractivity contribution in [3.05, 3.63) is 95.1 Å². The number of benzene rings is 3. The lowest BCUT2D eigenvalue weighted by atomic mass is 9.99. The van der Waals surface area contributed by atoms with E-state index in [1.165, 1.54) is 0 Å². The Labute approximate surface area is 221 Å². The molecule has 1 amide bonds. The van der Waals surface area contributed by atoms with Crippen molar-refractivity contribution in [3.8, 4) is 0 Å². The molecule has 5 N–H and O–H groups in total. The van der Waals surface area contributed by atoms with Gasteiger partial charge in [0.05, 0.1) is 5.75 Å². The van der Waals surface area contributed by atoms with E-state index in [0.717, 1.165) is 23.2 Å². The van der Waals surface area contributed by atoms with Crippen LogP contribution in [0.1, 0.15) is 35.1 Å². The Hall–Kier alpha value is -4.18. The lowest BCUT2D eigenvalue weighted by Crippen LogP contribution is -2.38. The zero-order chi connectivity index (χ0) is 27.3. The predicted molar refractivity (Wildman–Crippen MR) is 147 cm³/mol. The summed E-state index contributed by atoms with van der Waals surface area (Å²) in [4.78, 5) is 26.7. The topological polar surface area (TPSA) is 154 Å². The van der Waals surface area contributed by atoms with Gasteiger partial charge in [-0.15, -0.1) is 0 Å². The molecule has 0 fully saturated rings. The molecule has 198 valence electrons. The highest BCUT2D eigenvalue weighted by atomic mass is 32.2. The summed E-state index contributed by atoms with van der Waals surface area (Å²) in [5, 5.41) is 18.0. The summed E-state index contributed by atoms with van der Waals surface area (Å²) in [6.45, 7) is 0.574. The van der Waals surface area contributed by atoms with Gasteiger partial charge in [0.2, 0.25) is 11.3 Å². The number of nitrogens with one attached hydrogen (secondary N) is 2. The summed E-state index contributed by atoms with van der Waals surface area (Å²) in [5.41, 5.74) is 9.57. The smallest absolute Gasteiger partial charge is 0.342 e. The molecule has 0 spiro atoms. The minimum atomic E-state index is -4.05. The third kappa shape index (κ3) is 6.38. The molecule has 0 radical (unpaired) electrons. The van der Waals surface area contributed by atoms with Gasteiger partial charge in [0.15, 0.2) is 9.84 Å². The Morgan fingerprint density at radius 2 is 1.74 bits per heavy atom. The van der Waals surface area contributed by atoms with E-state index in [-0.39, 0.29) is 11.7 Å². The number of nitrogens with zero attached hydrogens (tertiary/aromatic N) is 1. The number of nitrogens with two attached hydrogens (primary N) is 1. The van der Waals surface area contributed by atoms with Gasteiger partial charge in [0.1, 0.15) is 5.84 Å². The molecule has 1 aliphatic rings. The second-order valence-electron chi connectivity index (χ2n) is 9.26. The number of rotatable bonds is 10. The zero-order valence-electron chi connectivity index (χ0n) is 20.8. The SMILES string of the molecule is N=C(N)c1ccc(CCC(=O)N2CCCc3cc(NC(C(=O)O)S(=O)(=O)Cc4ccccc4)ccc32)cc1. The van der Waals surface area contributed by atoms with Gasteiger partial charge in [-0.3, -0.25) is 10.2 Å². The molecular weight excluding hydrogens is 504 g/mol. The van der Waals surface area contributed by atoms with E-state index < -0.39 is 26.9 Å². The lowest BCUT2D eigenvalue weighted by molar-refractivity contribution is -0.136. The normalized spacial score (nSPS) is 13.8. The van der Waals surface area contributed by atoms with Crippen molar-refractivity contribution in [1.82, 2.24) is 0 Å². The van der Waals surface area contributed by atoms with E-state index in [1.807, 2.05) is 12.1 Å². The van der Waals surface area contributed by atoms with Crippen molar-refractivity contribution in [3.63, 3.8) is 0 Å². The third-order valence-corrected chi connectivity index (χ3v) is 8.26. The molecule has 3 aromatic rings. The molecule has 1 atom stereocenters. The maximum absolute atomic E-state index is 13.1. The lowest BCUT2D eigenvalue weighted by Gasteiger charge is -2.30. The molecule has 0 bridgehead atoms. The summed E-state index contributed by atoms with van der Waals surface area (Å²) in [5.74, 6) is -1.92. The first-order valence-electron chi connectivity index (χ1n) is 12.3. The summed E-state index contributed by atoms with van der Waals surface area (Å²) in [6.07, 6.45) is 2.28. The summed E-state index contributed by atoms with van der Waals surface area (Å²) < 4.78 is 25.8.